The molecular weight excluding hydrogens is 653 g/mol. The van der Waals surface area contributed by atoms with Crippen LogP contribution in [0.25, 0.3) is 0 Å². The van der Waals surface area contributed by atoms with Gasteiger partial charge in [0, 0.05) is 35.1 Å². The lowest BCUT2D eigenvalue weighted by Gasteiger charge is -2.34. The van der Waals surface area contributed by atoms with Crippen molar-refractivity contribution in [1.82, 2.24) is 10.2 Å². The minimum absolute atomic E-state index is 0.0507. The number of hydrogen-bond acceptors (Lipinski definition) is 4. The van der Waals surface area contributed by atoms with Gasteiger partial charge >= 0.3 is 0 Å². The molecule has 47 heavy (non-hydrogen) atoms. The normalized spacial score (nSPS) is 12.0. The van der Waals surface area contributed by atoms with Crippen molar-refractivity contribution >= 4 is 50.7 Å². The molecule has 2 amide bonds. The fraction of sp³-hybridized carbons (Fsp3) is 0.297. The monoisotopic (exact) mass is 693 g/mol. The molecule has 0 saturated heterocycles. The summed E-state index contributed by atoms with van der Waals surface area (Å²) in [5.74, 6) is -0.929. The van der Waals surface area contributed by atoms with Gasteiger partial charge in [-0.2, -0.15) is 0 Å². The van der Waals surface area contributed by atoms with E-state index in [2.05, 4.69) is 5.32 Å². The van der Waals surface area contributed by atoms with E-state index in [0.29, 0.717) is 33.4 Å². The van der Waals surface area contributed by atoms with Gasteiger partial charge in [-0.05, 0) is 68.7 Å². The van der Waals surface area contributed by atoms with Crippen LogP contribution >= 0.6 is 23.2 Å². The highest BCUT2D eigenvalue weighted by Crippen LogP contribution is 2.30. The number of nitrogens with zero attached hydrogens (tertiary/aromatic N) is 2. The van der Waals surface area contributed by atoms with Crippen molar-refractivity contribution in [3.8, 4) is 0 Å². The zero-order valence-electron chi connectivity index (χ0n) is 27.2. The summed E-state index contributed by atoms with van der Waals surface area (Å²) < 4.78 is 29.7. The van der Waals surface area contributed by atoms with Crippen molar-refractivity contribution < 1.29 is 18.0 Å². The van der Waals surface area contributed by atoms with Crippen LogP contribution in [0.2, 0.25) is 10.0 Å². The number of sulfonamides is 1. The molecule has 4 aromatic rings. The molecule has 248 valence electrons. The molecule has 4 aromatic carbocycles. The minimum Gasteiger partial charge on any atom is -0.354 e. The molecule has 10 heteroatoms. The SMILES string of the molecule is CCCCNC(=O)[C@H](Cc1ccccc1)N(Cc1c(Cl)cccc1Cl)C(=O)CN(c1ccc(C)cc1C)S(=O)(=O)c1ccc(C)cc1. The van der Waals surface area contributed by atoms with Crippen molar-refractivity contribution in [3.05, 3.63) is 129 Å². The van der Waals surface area contributed by atoms with E-state index >= 15 is 0 Å². The summed E-state index contributed by atoms with van der Waals surface area (Å²) in [5, 5.41) is 3.65. The Kier molecular flexibility index (Phi) is 12.5. The van der Waals surface area contributed by atoms with Crippen molar-refractivity contribution in [2.75, 3.05) is 17.4 Å². The Morgan fingerprint density at radius 3 is 2.09 bits per heavy atom. The molecule has 0 fully saturated rings. The summed E-state index contributed by atoms with van der Waals surface area (Å²) in [6, 6.07) is 25.3. The van der Waals surface area contributed by atoms with Gasteiger partial charge in [0.1, 0.15) is 12.6 Å². The molecule has 0 radical (unpaired) electrons. The van der Waals surface area contributed by atoms with Crippen LogP contribution in [-0.2, 0) is 32.6 Å². The average Bonchev–Trinajstić information content (AvgIpc) is 3.03. The molecule has 0 aliphatic heterocycles. The molecule has 0 aliphatic carbocycles. The molecule has 0 heterocycles. The van der Waals surface area contributed by atoms with Gasteiger partial charge in [0.25, 0.3) is 10.0 Å². The number of carbonyl (C=O) groups is 2. The van der Waals surface area contributed by atoms with Gasteiger partial charge in [-0.25, -0.2) is 8.42 Å². The first-order valence-electron chi connectivity index (χ1n) is 15.6. The molecule has 1 N–H and O–H groups in total. The van der Waals surface area contributed by atoms with E-state index in [1.165, 1.54) is 17.0 Å². The van der Waals surface area contributed by atoms with E-state index in [0.717, 1.165) is 33.8 Å². The lowest BCUT2D eigenvalue weighted by molar-refractivity contribution is -0.140. The van der Waals surface area contributed by atoms with Gasteiger partial charge in [-0.3, -0.25) is 13.9 Å². The Morgan fingerprint density at radius 2 is 1.47 bits per heavy atom. The summed E-state index contributed by atoms with van der Waals surface area (Å²) in [7, 11) is -4.21. The van der Waals surface area contributed by atoms with Crippen LogP contribution in [0, 0.1) is 20.8 Å². The smallest absolute Gasteiger partial charge is 0.264 e. The minimum atomic E-state index is -4.21. The topological polar surface area (TPSA) is 86.8 Å². The molecule has 0 spiro atoms. The second-order valence-electron chi connectivity index (χ2n) is 11.7. The standard InChI is InChI=1S/C37H41Cl2N3O4S/c1-5-6-21-40-37(44)35(23-29-11-8-7-9-12-29)41(24-31-32(38)13-10-14-33(31)39)36(43)25-42(34-20-17-27(3)22-28(34)4)47(45,46)30-18-15-26(2)16-19-30/h7-20,22,35H,5-6,21,23-25H2,1-4H3,(H,40,44)/t35-/m0/s1. The third-order valence-electron chi connectivity index (χ3n) is 8.00. The number of aryl methyl sites for hydroxylation is 3. The van der Waals surface area contributed by atoms with Crippen LogP contribution < -0.4 is 9.62 Å². The zero-order valence-corrected chi connectivity index (χ0v) is 29.5. The molecule has 0 saturated carbocycles. The second-order valence-corrected chi connectivity index (χ2v) is 14.4. The first-order valence-corrected chi connectivity index (χ1v) is 17.8. The Labute approximate surface area is 288 Å². The number of rotatable bonds is 14. The lowest BCUT2D eigenvalue weighted by atomic mass is 10.0. The highest BCUT2D eigenvalue weighted by Gasteiger charge is 2.35. The molecule has 0 aliphatic rings. The fourth-order valence-corrected chi connectivity index (χ4v) is 7.35. The van der Waals surface area contributed by atoms with Gasteiger partial charge in [-0.1, -0.05) is 108 Å². The Hall–Kier alpha value is -3.85. The molecule has 4 rings (SSSR count). The zero-order chi connectivity index (χ0) is 34.1. The number of carbonyl (C=O) groups excluding carboxylic acids is 2. The summed E-state index contributed by atoms with van der Waals surface area (Å²) in [4.78, 5) is 30.1. The van der Waals surface area contributed by atoms with Crippen LogP contribution in [0.1, 0.15) is 47.6 Å². The van der Waals surface area contributed by atoms with Crippen molar-refractivity contribution in [1.29, 1.82) is 0 Å². The lowest BCUT2D eigenvalue weighted by Crippen LogP contribution is -2.53. The van der Waals surface area contributed by atoms with E-state index in [1.54, 1.807) is 36.4 Å². The first kappa shape index (κ1) is 36.0. The van der Waals surface area contributed by atoms with Crippen molar-refractivity contribution in [2.24, 2.45) is 0 Å². The van der Waals surface area contributed by atoms with E-state index in [1.807, 2.05) is 70.2 Å². The van der Waals surface area contributed by atoms with E-state index < -0.39 is 28.5 Å². The van der Waals surface area contributed by atoms with E-state index in [4.69, 9.17) is 23.2 Å². The number of benzene rings is 4. The summed E-state index contributed by atoms with van der Waals surface area (Å²) >= 11 is 13.2. The molecule has 0 bridgehead atoms. The quantitative estimate of drug-likeness (QED) is 0.137. The van der Waals surface area contributed by atoms with E-state index in [-0.39, 0.29) is 23.8 Å². The number of unbranched alkanes of at least 4 members (excludes halogenated alkanes) is 1. The van der Waals surface area contributed by atoms with Gasteiger partial charge in [0.15, 0.2) is 0 Å². The predicted octanol–water partition coefficient (Wildman–Crippen LogP) is 7.67. The third kappa shape index (κ3) is 9.15. The maximum atomic E-state index is 14.7. The van der Waals surface area contributed by atoms with Gasteiger partial charge < -0.3 is 10.2 Å². The first-order chi connectivity index (χ1) is 22.4. The third-order valence-corrected chi connectivity index (χ3v) is 10.5. The highest BCUT2D eigenvalue weighted by molar-refractivity contribution is 7.92. The van der Waals surface area contributed by atoms with Crippen molar-refractivity contribution in [3.63, 3.8) is 0 Å². The van der Waals surface area contributed by atoms with Crippen LogP contribution in [0.3, 0.4) is 0 Å². The number of halogens is 2. The van der Waals surface area contributed by atoms with Gasteiger partial charge in [0.2, 0.25) is 11.8 Å². The summed E-state index contributed by atoms with van der Waals surface area (Å²) in [6.45, 7) is 7.40. The molecule has 1 atom stereocenters. The van der Waals surface area contributed by atoms with Crippen LogP contribution in [0.5, 0.6) is 0 Å². The Bertz CT molecular complexity index is 1780. The maximum Gasteiger partial charge on any atom is 0.264 e. The van der Waals surface area contributed by atoms with Crippen molar-refractivity contribution in [2.45, 2.75) is 64.4 Å². The molecule has 0 aromatic heterocycles. The van der Waals surface area contributed by atoms with Gasteiger partial charge in [0.05, 0.1) is 10.6 Å². The Balaban J connectivity index is 1.85. The summed E-state index contributed by atoms with van der Waals surface area (Å²) in [6.07, 6.45) is 1.84. The van der Waals surface area contributed by atoms with Crippen LogP contribution in [0.15, 0.2) is 95.9 Å². The predicted molar refractivity (Wildman–Crippen MR) is 190 cm³/mol. The average molecular weight is 695 g/mol. The van der Waals surface area contributed by atoms with Gasteiger partial charge in [-0.15, -0.1) is 0 Å². The number of hydrogen-bond donors (Lipinski definition) is 1. The molecule has 0 unspecified atom stereocenters. The summed E-state index contributed by atoms with van der Waals surface area (Å²) in [5.41, 5.74) is 4.21. The largest absolute Gasteiger partial charge is 0.354 e. The van der Waals surface area contributed by atoms with Crippen LogP contribution in [0.4, 0.5) is 5.69 Å². The number of nitrogens with one attached hydrogen (secondary N) is 1. The van der Waals surface area contributed by atoms with E-state index in [9.17, 15) is 18.0 Å². The second kappa shape index (κ2) is 16.3. The molecule has 7 nitrogen and oxygen atoms in total. The maximum absolute atomic E-state index is 14.7. The fourth-order valence-electron chi connectivity index (χ4n) is 5.35. The Morgan fingerprint density at radius 1 is 0.830 bits per heavy atom. The highest BCUT2D eigenvalue weighted by atomic mass is 35.5. The molecular formula is C37H41Cl2N3O4S. The number of amides is 2. The number of anilines is 1. The van der Waals surface area contributed by atoms with Crippen LogP contribution in [-0.4, -0.2) is 44.3 Å².